The molecule has 1 aromatic carbocycles. The van der Waals surface area contributed by atoms with Gasteiger partial charge in [0.05, 0.1) is 12.7 Å². The van der Waals surface area contributed by atoms with Gasteiger partial charge in [0, 0.05) is 0 Å². The number of hydrogen-bond donors (Lipinski definition) is 0. The van der Waals surface area contributed by atoms with E-state index >= 15 is 0 Å². The summed E-state index contributed by atoms with van der Waals surface area (Å²) in [5.41, 5.74) is 2.70. The van der Waals surface area contributed by atoms with Crippen molar-refractivity contribution in [3.63, 3.8) is 0 Å². The zero-order chi connectivity index (χ0) is 10.8. The molecule has 0 atom stereocenters. The minimum atomic E-state index is -0.285. The lowest BCUT2D eigenvalue weighted by molar-refractivity contribution is 0.0600. The Kier molecular flexibility index (Phi) is 2.58. The number of ether oxygens (including phenoxy) is 1. The van der Waals surface area contributed by atoms with E-state index in [2.05, 4.69) is 12.6 Å². The molecular formula is C13H14O2. The molecule has 0 amide bonds. The van der Waals surface area contributed by atoms with Crippen LogP contribution in [0.2, 0.25) is 0 Å². The Labute approximate surface area is 89.6 Å². The summed E-state index contributed by atoms with van der Waals surface area (Å²) in [6, 6.07) is 5.94. The van der Waals surface area contributed by atoms with Crippen LogP contribution in [0.3, 0.4) is 0 Å². The van der Waals surface area contributed by atoms with Crippen molar-refractivity contribution >= 4 is 12.0 Å². The SMILES string of the molecule is C=Cc1ccc(C2CC2)cc1C(=O)OC. The Morgan fingerprint density at radius 2 is 2.27 bits per heavy atom. The normalized spacial score (nSPS) is 14.7. The summed E-state index contributed by atoms with van der Waals surface area (Å²) in [6.45, 7) is 3.69. The molecule has 1 aliphatic carbocycles. The van der Waals surface area contributed by atoms with Crippen molar-refractivity contribution in [3.05, 3.63) is 41.5 Å². The molecule has 0 saturated heterocycles. The zero-order valence-electron chi connectivity index (χ0n) is 8.82. The minimum Gasteiger partial charge on any atom is -0.465 e. The van der Waals surface area contributed by atoms with Gasteiger partial charge in [-0.05, 0) is 36.0 Å². The van der Waals surface area contributed by atoms with Crippen LogP contribution in [0.15, 0.2) is 24.8 Å². The van der Waals surface area contributed by atoms with Crippen LogP contribution in [0.4, 0.5) is 0 Å². The van der Waals surface area contributed by atoms with Crippen molar-refractivity contribution in [3.8, 4) is 0 Å². The van der Waals surface area contributed by atoms with E-state index in [1.54, 1.807) is 6.08 Å². The highest BCUT2D eigenvalue weighted by Crippen LogP contribution is 2.40. The topological polar surface area (TPSA) is 26.3 Å². The fraction of sp³-hybridized carbons (Fsp3) is 0.308. The zero-order valence-corrected chi connectivity index (χ0v) is 8.82. The molecule has 0 heterocycles. The van der Waals surface area contributed by atoms with Gasteiger partial charge in [0.15, 0.2) is 0 Å². The third-order valence-corrected chi connectivity index (χ3v) is 2.75. The molecule has 0 bridgehead atoms. The van der Waals surface area contributed by atoms with Gasteiger partial charge in [-0.25, -0.2) is 4.79 Å². The first-order chi connectivity index (χ1) is 7.26. The first-order valence-corrected chi connectivity index (χ1v) is 5.11. The highest BCUT2D eigenvalue weighted by atomic mass is 16.5. The van der Waals surface area contributed by atoms with E-state index in [-0.39, 0.29) is 5.97 Å². The second kappa shape index (κ2) is 3.89. The molecule has 15 heavy (non-hydrogen) atoms. The highest BCUT2D eigenvalue weighted by molar-refractivity contribution is 5.93. The van der Waals surface area contributed by atoms with Gasteiger partial charge in [0.2, 0.25) is 0 Å². The molecule has 0 aliphatic heterocycles. The largest absolute Gasteiger partial charge is 0.465 e. The smallest absolute Gasteiger partial charge is 0.338 e. The van der Waals surface area contributed by atoms with Crippen molar-refractivity contribution in [2.24, 2.45) is 0 Å². The predicted octanol–water partition coefficient (Wildman–Crippen LogP) is 2.99. The van der Waals surface area contributed by atoms with Gasteiger partial charge in [-0.3, -0.25) is 0 Å². The lowest BCUT2D eigenvalue weighted by Gasteiger charge is -2.06. The van der Waals surface area contributed by atoms with E-state index in [0.717, 1.165) is 5.56 Å². The van der Waals surface area contributed by atoms with Crippen LogP contribution in [-0.4, -0.2) is 13.1 Å². The van der Waals surface area contributed by atoms with Crippen molar-refractivity contribution in [2.75, 3.05) is 7.11 Å². The number of rotatable bonds is 3. The predicted molar refractivity (Wildman–Crippen MR) is 59.8 cm³/mol. The molecule has 2 heteroatoms. The van der Waals surface area contributed by atoms with Crippen molar-refractivity contribution in [1.29, 1.82) is 0 Å². The molecule has 0 N–H and O–H groups in total. The summed E-state index contributed by atoms with van der Waals surface area (Å²) >= 11 is 0. The number of esters is 1. The Bertz CT molecular complexity index is 403. The molecule has 0 radical (unpaired) electrons. The van der Waals surface area contributed by atoms with Gasteiger partial charge in [0.25, 0.3) is 0 Å². The molecule has 1 aromatic rings. The van der Waals surface area contributed by atoms with E-state index in [1.165, 1.54) is 25.5 Å². The lowest BCUT2D eigenvalue weighted by atomic mass is 10.0. The molecule has 1 saturated carbocycles. The molecular weight excluding hydrogens is 188 g/mol. The fourth-order valence-corrected chi connectivity index (χ4v) is 1.71. The molecule has 78 valence electrons. The number of hydrogen-bond acceptors (Lipinski definition) is 2. The Balaban J connectivity index is 2.41. The summed E-state index contributed by atoms with van der Waals surface area (Å²) < 4.78 is 4.75. The van der Waals surface area contributed by atoms with Crippen LogP contribution in [0.5, 0.6) is 0 Å². The van der Waals surface area contributed by atoms with E-state index in [4.69, 9.17) is 4.74 Å². The summed E-state index contributed by atoms with van der Waals surface area (Å²) in [5.74, 6) is 0.361. The molecule has 0 unspecified atom stereocenters. The van der Waals surface area contributed by atoms with Crippen LogP contribution in [-0.2, 0) is 4.74 Å². The lowest BCUT2D eigenvalue weighted by Crippen LogP contribution is -2.04. The summed E-state index contributed by atoms with van der Waals surface area (Å²) in [4.78, 5) is 11.5. The van der Waals surface area contributed by atoms with Crippen LogP contribution in [0.1, 0.15) is 40.2 Å². The third kappa shape index (κ3) is 1.94. The van der Waals surface area contributed by atoms with Crippen molar-refractivity contribution in [1.82, 2.24) is 0 Å². The van der Waals surface area contributed by atoms with Gasteiger partial charge in [-0.1, -0.05) is 24.8 Å². The first-order valence-electron chi connectivity index (χ1n) is 5.11. The van der Waals surface area contributed by atoms with Gasteiger partial charge < -0.3 is 4.74 Å². The van der Waals surface area contributed by atoms with E-state index in [9.17, 15) is 4.79 Å². The second-order valence-electron chi connectivity index (χ2n) is 3.82. The van der Waals surface area contributed by atoms with Crippen LogP contribution < -0.4 is 0 Å². The maximum absolute atomic E-state index is 11.5. The number of methoxy groups -OCH3 is 1. The van der Waals surface area contributed by atoms with Gasteiger partial charge >= 0.3 is 5.97 Å². The van der Waals surface area contributed by atoms with Crippen LogP contribution in [0.25, 0.3) is 6.08 Å². The molecule has 0 aromatic heterocycles. The first kappa shape index (κ1) is 9.97. The summed E-state index contributed by atoms with van der Waals surface area (Å²) in [7, 11) is 1.40. The van der Waals surface area contributed by atoms with Gasteiger partial charge in [0.1, 0.15) is 0 Å². The average molecular weight is 202 g/mol. The molecule has 2 nitrogen and oxygen atoms in total. The van der Waals surface area contributed by atoms with E-state index < -0.39 is 0 Å². The molecule has 0 spiro atoms. The highest BCUT2D eigenvalue weighted by Gasteiger charge is 2.24. The Morgan fingerprint density at radius 1 is 1.53 bits per heavy atom. The van der Waals surface area contributed by atoms with E-state index in [1.807, 2.05) is 12.1 Å². The minimum absolute atomic E-state index is 0.285. The van der Waals surface area contributed by atoms with Crippen LogP contribution in [0, 0.1) is 0 Å². The van der Waals surface area contributed by atoms with Crippen LogP contribution >= 0.6 is 0 Å². The summed E-state index contributed by atoms with van der Waals surface area (Å²) in [5, 5.41) is 0. The maximum atomic E-state index is 11.5. The Morgan fingerprint density at radius 3 is 2.80 bits per heavy atom. The Hall–Kier alpha value is -1.57. The molecule has 2 rings (SSSR count). The van der Waals surface area contributed by atoms with E-state index in [0.29, 0.717) is 11.5 Å². The second-order valence-corrected chi connectivity index (χ2v) is 3.82. The number of carbonyl (C=O) groups is 1. The molecule has 1 aliphatic rings. The quantitative estimate of drug-likeness (QED) is 0.704. The van der Waals surface area contributed by atoms with Gasteiger partial charge in [-0.2, -0.15) is 0 Å². The van der Waals surface area contributed by atoms with Gasteiger partial charge in [-0.15, -0.1) is 0 Å². The average Bonchev–Trinajstić information content (AvgIpc) is 3.11. The van der Waals surface area contributed by atoms with Crippen molar-refractivity contribution in [2.45, 2.75) is 18.8 Å². The van der Waals surface area contributed by atoms with Crippen molar-refractivity contribution < 1.29 is 9.53 Å². The third-order valence-electron chi connectivity index (χ3n) is 2.75. The summed E-state index contributed by atoms with van der Waals surface area (Å²) in [6.07, 6.45) is 4.14. The number of carbonyl (C=O) groups excluding carboxylic acids is 1. The fourth-order valence-electron chi connectivity index (χ4n) is 1.71. The standard InChI is InChI=1S/C13H14O2/c1-3-9-4-7-11(10-5-6-10)8-12(9)13(14)15-2/h3-4,7-8,10H,1,5-6H2,2H3. The monoisotopic (exact) mass is 202 g/mol. The number of benzene rings is 1. The molecule has 1 fully saturated rings. The maximum Gasteiger partial charge on any atom is 0.338 e.